The molecule has 0 bridgehead atoms. The third-order valence-corrected chi connectivity index (χ3v) is 6.52. The number of carbonyl (C=O) groups is 4. The number of nitrogens with one attached hydrogen (secondary N) is 1. The molecule has 0 radical (unpaired) electrons. The van der Waals surface area contributed by atoms with E-state index in [4.69, 9.17) is 6.42 Å². The number of benzene rings is 2. The summed E-state index contributed by atoms with van der Waals surface area (Å²) in [5.41, 5.74) is 1.73. The minimum Gasteiger partial charge on any atom is -0.295 e. The molecule has 1 saturated heterocycles. The summed E-state index contributed by atoms with van der Waals surface area (Å²) in [5.74, 6) is 0.0129. The normalized spacial score (nSPS) is 18.2. The van der Waals surface area contributed by atoms with Crippen LogP contribution in [0.1, 0.15) is 45.5 Å². The summed E-state index contributed by atoms with van der Waals surface area (Å²) < 4.78 is 32.8. The van der Waals surface area contributed by atoms with Crippen LogP contribution in [0, 0.1) is 12.3 Å². The Kier molecular flexibility index (Phi) is 5.61. The van der Waals surface area contributed by atoms with Crippen molar-refractivity contribution in [3.8, 4) is 23.5 Å². The van der Waals surface area contributed by atoms with Gasteiger partial charge in [0, 0.05) is 12.8 Å². The van der Waals surface area contributed by atoms with Crippen LogP contribution in [0.15, 0.2) is 41.3 Å². The number of rotatable bonds is 5. The molecule has 9 nitrogen and oxygen atoms in total. The predicted molar refractivity (Wildman–Crippen MR) is 116 cm³/mol. The Bertz CT molecular complexity index is 1370. The molecule has 2 N–H and O–H groups in total. The molecule has 2 aliphatic heterocycles. The number of nitrogens with zero attached hydrogens (tertiary/aromatic N) is 1. The molecule has 2 aromatic rings. The predicted octanol–water partition coefficient (Wildman–Crippen LogP) is 1.57. The summed E-state index contributed by atoms with van der Waals surface area (Å²) in [5, 5.41) is 2.14. The minimum absolute atomic E-state index is 0.00995. The van der Waals surface area contributed by atoms with E-state index < -0.39 is 39.8 Å². The number of carbonyl (C=O) groups excluding carboxylic acids is 4. The Hall–Kier alpha value is -3.81. The summed E-state index contributed by atoms with van der Waals surface area (Å²) in [6.45, 7) is 0. The van der Waals surface area contributed by atoms with Crippen molar-refractivity contribution in [1.29, 1.82) is 0 Å². The zero-order valence-corrected chi connectivity index (χ0v) is 18.0. The second-order valence-corrected chi connectivity index (χ2v) is 9.13. The van der Waals surface area contributed by atoms with Gasteiger partial charge >= 0.3 is 0 Å². The molecule has 0 aromatic heterocycles. The van der Waals surface area contributed by atoms with Crippen LogP contribution in [0.3, 0.4) is 0 Å². The van der Waals surface area contributed by atoms with Crippen LogP contribution in [-0.4, -0.2) is 47.5 Å². The van der Waals surface area contributed by atoms with Gasteiger partial charge in [-0.05, 0) is 53.8 Å². The molecule has 2 aliphatic rings. The van der Waals surface area contributed by atoms with Crippen molar-refractivity contribution in [2.24, 2.45) is 0 Å². The van der Waals surface area contributed by atoms with Crippen LogP contribution < -0.4 is 5.32 Å². The van der Waals surface area contributed by atoms with Crippen LogP contribution in [0.25, 0.3) is 11.1 Å². The smallest absolute Gasteiger partial charge is 0.294 e. The fourth-order valence-corrected chi connectivity index (χ4v) is 4.55. The molecule has 4 rings (SSSR count). The van der Waals surface area contributed by atoms with Gasteiger partial charge in [-0.25, -0.2) is 0 Å². The van der Waals surface area contributed by atoms with Gasteiger partial charge in [0.25, 0.3) is 21.9 Å². The molecule has 1 atom stereocenters. The van der Waals surface area contributed by atoms with Crippen molar-refractivity contribution in [2.45, 2.75) is 36.6 Å². The van der Waals surface area contributed by atoms with E-state index >= 15 is 0 Å². The maximum Gasteiger partial charge on any atom is 0.294 e. The van der Waals surface area contributed by atoms with Crippen LogP contribution in [-0.2, 0) is 26.1 Å². The van der Waals surface area contributed by atoms with Crippen molar-refractivity contribution in [1.82, 2.24) is 10.2 Å². The Morgan fingerprint density at radius 2 is 1.76 bits per heavy atom. The lowest BCUT2D eigenvalue weighted by molar-refractivity contribution is -0.136. The number of piperidine rings is 1. The molecule has 10 heteroatoms. The zero-order chi connectivity index (χ0) is 23.9. The van der Waals surface area contributed by atoms with Gasteiger partial charge < -0.3 is 0 Å². The number of amides is 4. The number of fused-ring (bicyclic) bond motifs is 1. The van der Waals surface area contributed by atoms with Gasteiger partial charge in [0.15, 0.2) is 0 Å². The van der Waals surface area contributed by atoms with Crippen molar-refractivity contribution < 1.29 is 32.1 Å². The molecule has 1 fully saturated rings. The van der Waals surface area contributed by atoms with E-state index in [2.05, 4.69) is 11.2 Å². The average Bonchev–Trinajstić information content (AvgIpc) is 3.01. The molecular formula is C23H18N2O7S. The molecule has 2 heterocycles. The first-order valence-corrected chi connectivity index (χ1v) is 11.5. The molecule has 2 aromatic carbocycles. The fraction of sp³-hybridized carbons (Fsp3) is 0.217. The van der Waals surface area contributed by atoms with E-state index in [1.165, 1.54) is 30.3 Å². The number of hydrogen-bond donors (Lipinski definition) is 2. The lowest BCUT2D eigenvalue weighted by atomic mass is 9.94. The minimum atomic E-state index is -4.48. The van der Waals surface area contributed by atoms with Gasteiger partial charge in [-0.2, -0.15) is 8.42 Å². The van der Waals surface area contributed by atoms with Crippen LogP contribution in [0.5, 0.6) is 0 Å². The van der Waals surface area contributed by atoms with Crippen molar-refractivity contribution in [3.63, 3.8) is 0 Å². The van der Waals surface area contributed by atoms with Crippen LogP contribution in [0.4, 0.5) is 0 Å². The summed E-state index contributed by atoms with van der Waals surface area (Å²) in [6, 6.07) is 7.42. The summed E-state index contributed by atoms with van der Waals surface area (Å²) in [4.78, 5) is 50.1. The SMILES string of the molecule is C#CCCc1ccc(S(=O)(=O)O)cc1-c1ccc2c(c1)C(=O)N(C1CCC(=O)NC1=O)C2=O. The first-order valence-electron chi connectivity index (χ1n) is 10.0. The van der Waals surface area contributed by atoms with Crippen LogP contribution in [0.2, 0.25) is 0 Å². The average molecular weight is 466 g/mol. The largest absolute Gasteiger partial charge is 0.295 e. The van der Waals surface area contributed by atoms with E-state index in [1.54, 1.807) is 6.07 Å². The molecule has 0 aliphatic carbocycles. The second-order valence-electron chi connectivity index (χ2n) is 7.71. The Morgan fingerprint density at radius 1 is 1.03 bits per heavy atom. The van der Waals surface area contributed by atoms with Gasteiger partial charge in [-0.3, -0.25) is 33.9 Å². The van der Waals surface area contributed by atoms with Crippen molar-refractivity contribution in [3.05, 3.63) is 53.1 Å². The van der Waals surface area contributed by atoms with E-state index in [1.807, 2.05) is 0 Å². The fourth-order valence-electron chi connectivity index (χ4n) is 4.05. The van der Waals surface area contributed by atoms with E-state index in [0.717, 1.165) is 4.90 Å². The zero-order valence-electron chi connectivity index (χ0n) is 17.2. The Balaban J connectivity index is 1.77. The number of hydrogen-bond acceptors (Lipinski definition) is 6. The molecular weight excluding hydrogens is 448 g/mol. The number of terminal acetylenes is 1. The first kappa shape index (κ1) is 22.4. The lowest BCUT2D eigenvalue weighted by Gasteiger charge is -2.27. The third kappa shape index (κ3) is 4.04. The van der Waals surface area contributed by atoms with Crippen LogP contribution >= 0.6 is 0 Å². The summed E-state index contributed by atoms with van der Waals surface area (Å²) >= 11 is 0. The van der Waals surface area contributed by atoms with Gasteiger partial charge in [0.1, 0.15) is 6.04 Å². The van der Waals surface area contributed by atoms with E-state index in [-0.39, 0.29) is 28.9 Å². The highest BCUT2D eigenvalue weighted by Gasteiger charge is 2.44. The second kappa shape index (κ2) is 8.27. The topological polar surface area (TPSA) is 138 Å². The molecule has 4 amide bonds. The first-order chi connectivity index (χ1) is 15.6. The highest BCUT2D eigenvalue weighted by Crippen LogP contribution is 2.34. The highest BCUT2D eigenvalue weighted by molar-refractivity contribution is 7.85. The quantitative estimate of drug-likeness (QED) is 0.387. The molecule has 0 saturated carbocycles. The van der Waals surface area contributed by atoms with Gasteiger partial charge in [-0.1, -0.05) is 12.1 Å². The molecule has 168 valence electrons. The Morgan fingerprint density at radius 3 is 2.42 bits per heavy atom. The van der Waals surface area contributed by atoms with Crippen molar-refractivity contribution >= 4 is 33.7 Å². The monoisotopic (exact) mass is 466 g/mol. The molecule has 1 unspecified atom stereocenters. The summed E-state index contributed by atoms with van der Waals surface area (Å²) in [7, 11) is -4.48. The molecule has 0 spiro atoms. The summed E-state index contributed by atoms with van der Waals surface area (Å²) in [6.07, 6.45) is 6.20. The maximum absolute atomic E-state index is 13.1. The van der Waals surface area contributed by atoms with Gasteiger partial charge in [-0.15, -0.1) is 12.3 Å². The maximum atomic E-state index is 13.1. The Labute approximate surface area is 189 Å². The van der Waals surface area contributed by atoms with Gasteiger partial charge in [0.05, 0.1) is 16.0 Å². The van der Waals surface area contributed by atoms with Gasteiger partial charge in [0.2, 0.25) is 11.8 Å². The third-order valence-electron chi connectivity index (χ3n) is 5.67. The van der Waals surface area contributed by atoms with Crippen molar-refractivity contribution in [2.75, 3.05) is 0 Å². The number of aryl methyl sites for hydroxylation is 1. The standard InChI is InChI=1S/C23H18N2O7S/c1-2-3-4-13-5-7-15(33(30,31)32)12-17(13)14-6-8-16-18(11-14)23(29)25(22(16)28)19-9-10-20(26)24-21(19)27/h1,5-8,11-12,19H,3-4,9-10H2,(H,24,26,27)(H,30,31,32). The van der Waals surface area contributed by atoms with E-state index in [0.29, 0.717) is 29.5 Å². The number of imide groups is 2. The molecule has 33 heavy (non-hydrogen) atoms. The lowest BCUT2D eigenvalue weighted by Crippen LogP contribution is -2.54. The highest BCUT2D eigenvalue weighted by atomic mass is 32.2. The van der Waals surface area contributed by atoms with E-state index in [9.17, 15) is 32.1 Å².